The monoisotopic (exact) mass is 452 g/mol. The van der Waals surface area contributed by atoms with Gasteiger partial charge in [-0.1, -0.05) is 50.2 Å². The Kier molecular flexibility index (Phi) is 7.95. The van der Waals surface area contributed by atoms with Crippen molar-refractivity contribution in [3.8, 4) is 16.9 Å². The van der Waals surface area contributed by atoms with E-state index in [0.29, 0.717) is 30.1 Å². The largest absolute Gasteiger partial charge is 0.383 e. The molecule has 33 heavy (non-hydrogen) atoms. The van der Waals surface area contributed by atoms with Crippen molar-refractivity contribution in [3.63, 3.8) is 0 Å². The molecule has 0 aliphatic heterocycles. The van der Waals surface area contributed by atoms with Gasteiger partial charge in [-0.2, -0.15) is 0 Å². The summed E-state index contributed by atoms with van der Waals surface area (Å²) in [7, 11) is 1.54. The van der Waals surface area contributed by atoms with Crippen molar-refractivity contribution in [2.75, 3.05) is 32.1 Å². The molecule has 0 aliphatic carbocycles. The highest BCUT2D eigenvalue weighted by Gasteiger charge is 2.21. The van der Waals surface area contributed by atoms with E-state index in [9.17, 15) is 14.0 Å². The van der Waals surface area contributed by atoms with Crippen LogP contribution in [-0.4, -0.2) is 53.1 Å². The lowest BCUT2D eigenvalue weighted by atomic mass is 10.2. The van der Waals surface area contributed by atoms with Gasteiger partial charge in [-0.05, 0) is 24.6 Å². The van der Waals surface area contributed by atoms with Gasteiger partial charge >= 0.3 is 0 Å². The molecule has 0 atom stereocenters. The quantitative estimate of drug-likeness (QED) is 0.531. The maximum atomic E-state index is 14.3. The van der Waals surface area contributed by atoms with Crippen LogP contribution in [0.5, 0.6) is 0 Å². The predicted octanol–water partition coefficient (Wildman–Crippen LogP) is 4.06. The van der Waals surface area contributed by atoms with Crippen LogP contribution in [0.25, 0.3) is 16.9 Å². The molecule has 1 aromatic heterocycles. The molecule has 2 amide bonds. The second kappa shape index (κ2) is 10.9. The van der Waals surface area contributed by atoms with Crippen molar-refractivity contribution in [2.45, 2.75) is 20.8 Å². The zero-order valence-electron chi connectivity index (χ0n) is 19.3. The number of imidazole rings is 1. The zero-order valence-corrected chi connectivity index (χ0v) is 19.3. The van der Waals surface area contributed by atoms with Gasteiger partial charge in [0.1, 0.15) is 12.4 Å². The second-order valence-corrected chi connectivity index (χ2v) is 8.07. The summed E-state index contributed by atoms with van der Waals surface area (Å²) in [6.45, 7) is 5.73. The minimum Gasteiger partial charge on any atom is -0.383 e. The van der Waals surface area contributed by atoms with Gasteiger partial charge in [0, 0.05) is 31.3 Å². The summed E-state index contributed by atoms with van der Waals surface area (Å²) in [5.41, 5.74) is 2.53. The van der Waals surface area contributed by atoms with Crippen LogP contribution in [0.3, 0.4) is 0 Å². The van der Waals surface area contributed by atoms with Crippen LogP contribution in [-0.2, 0) is 14.3 Å². The first-order valence-corrected chi connectivity index (χ1v) is 10.8. The van der Waals surface area contributed by atoms with Crippen molar-refractivity contribution in [1.82, 2.24) is 14.5 Å². The summed E-state index contributed by atoms with van der Waals surface area (Å²) >= 11 is 0. The number of anilines is 1. The Labute approximate surface area is 193 Å². The van der Waals surface area contributed by atoms with Crippen LogP contribution in [0.4, 0.5) is 10.3 Å². The number of carbonyl (C=O) groups excluding carboxylic acids is 2. The van der Waals surface area contributed by atoms with E-state index in [1.54, 1.807) is 50.8 Å². The van der Waals surface area contributed by atoms with E-state index < -0.39 is 5.91 Å². The minimum absolute atomic E-state index is 0.142. The second-order valence-electron chi connectivity index (χ2n) is 8.07. The number of ether oxygens (including phenoxy) is 1. The third kappa shape index (κ3) is 6.04. The van der Waals surface area contributed by atoms with Crippen LogP contribution in [0.1, 0.15) is 19.4 Å². The Morgan fingerprint density at radius 1 is 1.18 bits per heavy atom. The van der Waals surface area contributed by atoms with Gasteiger partial charge in [-0.15, -0.1) is 0 Å². The molecule has 0 fully saturated rings. The molecule has 0 bridgehead atoms. The molecule has 0 aliphatic rings. The molecular weight excluding hydrogens is 423 g/mol. The minimum atomic E-state index is -0.404. The number of aryl methyl sites for hydroxylation is 1. The normalized spacial score (nSPS) is 11.0. The fourth-order valence-electron chi connectivity index (χ4n) is 3.32. The molecule has 2 aromatic carbocycles. The van der Waals surface area contributed by atoms with Crippen molar-refractivity contribution >= 4 is 17.8 Å². The number of hydrogen-bond acceptors (Lipinski definition) is 4. The van der Waals surface area contributed by atoms with E-state index in [0.717, 1.165) is 5.56 Å². The van der Waals surface area contributed by atoms with Gasteiger partial charge in [-0.25, -0.2) is 9.37 Å². The molecule has 0 radical (unpaired) electrons. The van der Waals surface area contributed by atoms with Gasteiger partial charge in [-0.3, -0.25) is 19.5 Å². The lowest BCUT2D eigenvalue weighted by Crippen LogP contribution is -2.42. The Morgan fingerprint density at radius 3 is 2.55 bits per heavy atom. The van der Waals surface area contributed by atoms with E-state index in [1.165, 1.54) is 11.0 Å². The van der Waals surface area contributed by atoms with Crippen LogP contribution < -0.4 is 5.32 Å². The summed E-state index contributed by atoms with van der Waals surface area (Å²) < 4.78 is 21.0. The molecule has 7 nitrogen and oxygen atoms in total. The third-order valence-electron chi connectivity index (χ3n) is 5.17. The summed E-state index contributed by atoms with van der Waals surface area (Å²) in [5.74, 6) is -0.911. The highest BCUT2D eigenvalue weighted by molar-refractivity contribution is 5.94. The van der Waals surface area contributed by atoms with Crippen molar-refractivity contribution in [1.29, 1.82) is 0 Å². The van der Waals surface area contributed by atoms with Crippen LogP contribution in [0.2, 0.25) is 0 Å². The van der Waals surface area contributed by atoms with E-state index in [-0.39, 0.29) is 30.1 Å². The van der Waals surface area contributed by atoms with Crippen molar-refractivity contribution in [2.24, 2.45) is 5.92 Å². The number of rotatable bonds is 9. The molecule has 1 heterocycles. The number of amides is 2. The van der Waals surface area contributed by atoms with E-state index in [4.69, 9.17) is 4.74 Å². The number of aromatic nitrogens is 2. The van der Waals surface area contributed by atoms with Gasteiger partial charge in [0.05, 0.1) is 18.0 Å². The zero-order chi connectivity index (χ0) is 24.0. The number of nitrogens with zero attached hydrogens (tertiary/aromatic N) is 3. The predicted molar refractivity (Wildman–Crippen MR) is 126 cm³/mol. The molecular formula is C25H29FN4O3. The van der Waals surface area contributed by atoms with Crippen molar-refractivity contribution < 1.29 is 18.7 Å². The van der Waals surface area contributed by atoms with Crippen LogP contribution in [0.15, 0.2) is 54.7 Å². The Hall–Kier alpha value is -3.52. The fraction of sp³-hybridized carbons (Fsp3) is 0.320. The average molecular weight is 453 g/mol. The Morgan fingerprint density at radius 2 is 1.91 bits per heavy atom. The van der Waals surface area contributed by atoms with Crippen LogP contribution >= 0.6 is 0 Å². The molecule has 0 saturated carbocycles. The number of benzene rings is 2. The van der Waals surface area contributed by atoms with Gasteiger partial charge in [0.25, 0.3) is 0 Å². The van der Waals surface area contributed by atoms with Gasteiger partial charge in [0.15, 0.2) is 0 Å². The highest BCUT2D eigenvalue weighted by atomic mass is 19.1. The molecule has 3 rings (SSSR count). The van der Waals surface area contributed by atoms with E-state index in [1.807, 2.05) is 30.3 Å². The van der Waals surface area contributed by atoms with Gasteiger partial charge in [0.2, 0.25) is 17.8 Å². The average Bonchev–Trinajstić information content (AvgIpc) is 3.22. The molecule has 0 saturated heterocycles. The van der Waals surface area contributed by atoms with Crippen molar-refractivity contribution in [3.05, 3.63) is 66.1 Å². The number of nitrogens with one attached hydrogen (secondary N) is 1. The lowest BCUT2D eigenvalue weighted by molar-refractivity contribution is -0.138. The Balaban J connectivity index is 1.91. The molecule has 1 N–H and O–H groups in total. The number of hydrogen-bond donors (Lipinski definition) is 1. The van der Waals surface area contributed by atoms with E-state index >= 15 is 0 Å². The standard InChI is InChI=1S/C25H29FN4O3/c1-17(2)24(32)29(12-13-33-4)16-23(31)28-25-27-22(19-8-6-5-7-9-19)15-30(25)20-11-10-18(3)21(26)14-20/h5-11,14-15,17H,12-13,16H2,1-4H3,(H,27,28,31). The maximum absolute atomic E-state index is 14.3. The highest BCUT2D eigenvalue weighted by Crippen LogP contribution is 2.25. The number of methoxy groups -OCH3 is 1. The summed E-state index contributed by atoms with van der Waals surface area (Å²) in [6, 6.07) is 14.3. The van der Waals surface area contributed by atoms with Gasteiger partial charge < -0.3 is 9.64 Å². The maximum Gasteiger partial charge on any atom is 0.246 e. The molecule has 3 aromatic rings. The molecule has 174 valence electrons. The smallest absolute Gasteiger partial charge is 0.246 e. The first-order valence-electron chi connectivity index (χ1n) is 10.8. The third-order valence-corrected chi connectivity index (χ3v) is 5.17. The summed E-state index contributed by atoms with van der Waals surface area (Å²) in [4.78, 5) is 31.4. The SMILES string of the molecule is COCCN(CC(=O)Nc1nc(-c2ccccc2)cn1-c1ccc(C)c(F)c1)C(=O)C(C)C. The van der Waals surface area contributed by atoms with E-state index in [2.05, 4.69) is 10.3 Å². The molecule has 0 unspecified atom stereocenters. The molecule has 8 heteroatoms. The number of halogens is 1. The summed E-state index contributed by atoms with van der Waals surface area (Å²) in [5, 5.41) is 2.79. The Bertz CT molecular complexity index is 1110. The lowest BCUT2D eigenvalue weighted by Gasteiger charge is -2.23. The number of carbonyl (C=O) groups is 2. The van der Waals surface area contributed by atoms with Crippen LogP contribution in [0, 0.1) is 18.7 Å². The first-order chi connectivity index (χ1) is 15.8. The molecule has 0 spiro atoms. The topological polar surface area (TPSA) is 76.5 Å². The fourth-order valence-corrected chi connectivity index (χ4v) is 3.32. The first kappa shape index (κ1) is 24.1. The summed E-state index contributed by atoms with van der Waals surface area (Å²) in [6.07, 6.45) is 1.75.